The average molecular weight is 977 g/mol. The van der Waals surface area contributed by atoms with E-state index in [0.717, 1.165) is 0 Å². The van der Waals surface area contributed by atoms with Gasteiger partial charge in [-0.25, -0.2) is 8.78 Å². The van der Waals surface area contributed by atoms with Crippen molar-refractivity contribution >= 4 is 53.6 Å². The molecule has 0 fully saturated rings. The molecular weight excluding hydrogens is 811 g/mol. The van der Waals surface area contributed by atoms with Crippen LogP contribution in [-0.2, 0) is 0 Å². The van der Waals surface area contributed by atoms with Crippen molar-refractivity contribution in [3.8, 4) is 0 Å². The summed E-state index contributed by atoms with van der Waals surface area (Å²) < 4.78 is 30.5. The van der Waals surface area contributed by atoms with E-state index in [1.807, 2.05) is 0 Å². The lowest BCUT2D eigenvalue weighted by Gasteiger charge is -1.43. The molecule has 364 valence electrons. The zero-order valence-corrected chi connectivity index (χ0v) is 9.10. The van der Waals surface area contributed by atoms with E-state index in [-0.39, 0.29) is 300 Å². The van der Waals surface area contributed by atoms with E-state index in [0.29, 0.717) is 0 Å². The molecular formula is C40H163BF2I2N2. The molecule has 0 aliphatic carbocycles. The van der Waals surface area contributed by atoms with Gasteiger partial charge in [-0.1, -0.05) is 282 Å². The molecule has 0 spiro atoms. The maximum absolute atomic E-state index is 10.3. The molecule has 2 radical (unpaired) electrons. The van der Waals surface area contributed by atoms with Crippen LogP contribution in [0, 0.1) is 0 Å². The largest absolute Gasteiger partial charge is 0.344 e. The minimum atomic E-state index is -0.280. The fourth-order valence-electron chi connectivity index (χ4n) is 0. The number of halogens is 4. The molecule has 0 bridgehead atoms. The fraction of sp³-hybridized carbons (Fsp3) is 1.00. The molecule has 47 heavy (non-hydrogen) atoms. The maximum Gasteiger partial charge on any atom is 0.140 e. The topological polar surface area (TPSA) is 70.0 Å². The van der Waals surface area contributed by atoms with Crippen LogP contribution in [0.2, 0.25) is 2.82 Å². The van der Waals surface area contributed by atoms with Crippen molar-refractivity contribution < 1.29 is 11.6 Å². The predicted molar refractivity (Wildman–Crippen MR) is 313 cm³/mol. The van der Waals surface area contributed by atoms with Crippen LogP contribution in [-0.4, -0.2) is 17.8 Å². The first kappa shape index (κ1) is 2030. The van der Waals surface area contributed by atoms with Crippen LogP contribution >= 0.6 is 45.2 Å². The first-order chi connectivity index (χ1) is 4.83. The van der Waals surface area contributed by atoms with Crippen LogP contribution < -0.4 is 12.3 Å². The van der Waals surface area contributed by atoms with Crippen molar-refractivity contribution in [2.75, 3.05) is 9.36 Å². The van der Waals surface area contributed by atoms with Crippen molar-refractivity contribution in [3.63, 3.8) is 0 Å². The van der Waals surface area contributed by atoms with Gasteiger partial charge in [-0.3, -0.25) is 0 Å². The summed E-state index contributed by atoms with van der Waals surface area (Å²) in [7, 11) is 0. The standard InChI is InChI=1S/2CH2FI.38CH4.BH.2H3N/c2*2-1-3;;;;;;;;;;;;;;;;;;;;;;;;;;;;;;;;;;;;;;;;;/h2*1H2;38*1H4;1H;2*1H3/i/hD2. The molecule has 7 heteroatoms. The van der Waals surface area contributed by atoms with Gasteiger partial charge in [-0.15, -0.1) is 0 Å². The summed E-state index contributed by atoms with van der Waals surface area (Å²) in [5.74, 6) is 0. The highest BCUT2D eigenvalue weighted by Gasteiger charge is 1.43. The zero-order valence-electron chi connectivity index (χ0n) is 6.79. The molecule has 0 amide bonds. The fourth-order valence-corrected chi connectivity index (χ4v) is 0. The SMILES string of the molecule is C.C.C.C.C.C.C.C.C.C.C.C.C.C.C.C.C.C.C.C.C.C.C.C.C.C.C.C.C.C.C.C.C.C.C.C.C.C.FCI.FCI.[2H]N.[2H]N.[BH]. The first-order valence-corrected chi connectivity index (χ1v) is 4.12. The molecule has 0 heterocycles. The molecule has 0 aliphatic rings. The lowest BCUT2D eigenvalue weighted by atomic mass is 10.8. The molecule has 6 N–H and O–H groups in total. The van der Waals surface area contributed by atoms with Crippen molar-refractivity contribution in [2.24, 2.45) is 0 Å². The molecule has 2 nitrogen and oxygen atoms in total. The van der Waals surface area contributed by atoms with Gasteiger partial charge < -0.3 is 12.3 Å². The Morgan fingerprint density at radius 2 is 0.234 bits per heavy atom. The highest BCUT2D eigenvalue weighted by atomic mass is 127. The van der Waals surface area contributed by atoms with Crippen LogP contribution in [0.4, 0.5) is 8.78 Å². The van der Waals surface area contributed by atoms with Crippen LogP contribution in [0.1, 0.15) is 282 Å². The Bertz CT molecular complexity index is 56.2. The summed E-state index contributed by atoms with van der Waals surface area (Å²) in [4.78, 5) is 0. The predicted octanol–water partition coefficient (Wildman–Crippen LogP) is 26.5. The monoisotopic (exact) mass is 977 g/mol. The Morgan fingerprint density at radius 1 is 0.234 bits per heavy atom. The van der Waals surface area contributed by atoms with Gasteiger partial charge in [0.05, 0.1) is 0 Å². The minimum absolute atomic E-state index is 0. The van der Waals surface area contributed by atoms with Crippen LogP contribution in [0.3, 0.4) is 0 Å². The summed E-state index contributed by atoms with van der Waals surface area (Å²) in [6.45, 7) is 0. The first-order valence-electron chi connectivity index (χ1n) is 2.22. The Kier molecular flexibility index (Phi) is 400000. The van der Waals surface area contributed by atoms with E-state index >= 15 is 0 Å². The van der Waals surface area contributed by atoms with Gasteiger partial charge in [0.2, 0.25) is 0 Å². The van der Waals surface area contributed by atoms with Crippen molar-refractivity contribution in [1.82, 2.24) is 12.3 Å². The van der Waals surface area contributed by atoms with Crippen molar-refractivity contribution in [3.05, 3.63) is 0 Å². The quantitative estimate of drug-likeness (QED) is 0.144. The summed E-state index contributed by atoms with van der Waals surface area (Å²) in [5.41, 5.74) is 0. The van der Waals surface area contributed by atoms with E-state index in [9.17, 15) is 8.78 Å². The average Bonchev–Trinajstić information content (AvgIpc) is 1.99. The maximum atomic E-state index is 10.3. The number of rotatable bonds is 0. The normalized spacial score (nSPS) is 1.06. The number of alkyl halides is 4. The Hall–Kier alpha value is 1.30. The van der Waals surface area contributed by atoms with Crippen molar-refractivity contribution in [1.29, 1.82) is 0 Å². The second-order valence-electron chi connectivity index (χ2n) is 0.202. The van der Waals surface area contributed by atoms with E-state index in [1.165, 1.54) is 0 Å². The van der Waals surface area contributed by atoms with Gasteiger partial charge in [-0.2, -0.15) is 0 Å². The second kappa shape index (κ2) is 9290. The lowest BCUT2D eigenvalue weighted by Crippen LogP contribution is -1.26. The van der Waals surface area contributed by atoms with Gasteiger partial charge in [0, 0.05) is 8.41 Å². The molecule has 0 rings (SSSR count). The van der Waals surface area contributed by atoms with E-state index in [1.54, 1.807) is 45.2 Å². The second-order valence-corrected chi connectivity index (χ2v) is 1.36. The number of hydrogen-bond donors (Lipinski definition) is 2. The molecule has 0 aromatic rings. The summed E-state index contributed by atoms with van der Waals surface area (Å²) in [6.07, 6.45) is 7.50. The summed E-state index contributed by atoms with van der Waals surface area (Å²) in [5, 5.41) is 0. The van der Waals surface area contributed by atoms with Gasteiger partial charge in [0.15, 0.2) is 0 Å². The Morgan fingerprint density at radius 3 is 0.234 bits per heavy atom. The molecule has 0 saturated heterocycles. The molecule has 0 aliphatic heterocycles. The van der Waals surface area contributed by atoms with Crippen LogP contribution in [0.5, 0.6) is 0 Å². The van der Waals surface area contributed by atoms with Crippen LogP contribution in [0.25, 0.3) is 0 Å². The van der Waals surface area contributed by atoms with E-state index < -0.39 is 0 Å². The highest BCUT2D eigenvalue weighted by Crippen LogP contribution is 1.74. The van der Waals surface area contributed by atoms with Crippen LogP contribution in [0.15, 0.2) is 0 Å². The van der Waals surface area contributed by atoms with Gasteiger partial charge in [0.1, 0.15) is 12.2 Å². The molecule has 0 unspecified atom stereocenters. The third kappa shape index (κ3) is 57000. The van der Waals surface area contributed by atoms with Gasteiger partial charge in [0.25, 0.3) is 0 Å². The van der Waals surface area contributed by atoms with Gasteiger partial charge in [-0.05, 0) is 45.2 Å². The van der Waals surface area contributed by atoms with Gasteiger partial charge >= 0.3 is 0 Å². The third-order valence-corrected chi connectivity index (χ3v) is 0. The molecule has 0 aromatic carbocycles. The molecule has 0 atom stereocenters. The number of hydrogen-bond acceptors (Lipinski definition) is 2. The van der Waals surface area contributed by atoms with Crippen molar-refractivity contribution in [2.45, 2.75) is 282 Å². The molecule has 0 aromatic heterocycles. The highest BCUT2D eigenvalue weighted by molar-refractivity contribution is 14.1. The van der Waals surface area contributed by atoms with E-state index in [4.69, 9.17) is 2.82 Å². The third-order valence-electron chi connectivity index (χ3n) is 0. The summed E-state index contributed by atoms with van der Waals surface area (Å²) >= 11 is 3.24. The zero-order chi connectivity index (χ0) is 9.41. The minimum Gasteiger partial charge on any atom is -0.344 e. The Labute approximate surface area is 367 Å². The molecule has 0 saturated carbocycles. The smallest absolute Gasteiger partial charge is 0.140 e. The summed E-state index contributed by atoms with van der Waals surface area (Å²) in [6, 6.07) is 0. The van der Waals surface area contributed by atoms with E-state index in [2.05, 4.69) is 12.3 Å². The Balaban J connectivity index is -0.000000000190. The lowest BCUT2D eigenvalue weighted by molar-refractivity contribution is 0.622.